The molecule has 0 radical (unpaired) electrons. The Morgan fingerprint density at radius 2 is 1.87 bits per heavy atom. The molecular weight excluding hydrogens is 308 g/mol. The molecule has 2 aromatic rings. The molecule has 23 heavy (non-hydrogen) atoms. The number of nitrogens with zero attached hydrogens (tertiary/aromatic N) is 4. The molecule has 1 amide bonds. The van der Waals surface area contributed by atoms with Crippen molar-refractivity contribution >= 4 is 23.1 Å². The number of thiophene rings is 1. The molecule has 2 fully saturated rings. The summed E-state index contributed by atoms with van der Waals surface area (Å²) >= 11 is 1.59. The Labute approximate surface area is 140 Å². The van der Waals surface area contributed by atoms with Crippen molar-refractivity contribution in [1.29, 1.82) is 0 Å². The van der Waals surface area contributed by atoms with Gasteiger partial charge in [0.25, 0.3) is 5.91 Å². The maximum Gasteiger partial charge on any atom is 0.263 e. The first-order chi connectivity index (χ1) is 11.1. The van der Waals surface area contributed by atoms with Crippen LogP contribution in [0.3, 0.4) is 0 Å². The Hall–Kier alpha value is -1.95. The summed E-state index contributed by atoms with van der Waals surface area (Å²) in [7, 11) is 0. The third kappa shape index (κ3) is 2.72. The van der Waals surface area contributed by atoms with Gasteiger partial charge in [-0.3, -0.25) is 4.79 Å². The van der Waals surface area contributed by atoms with Gasteiger partial charge in [0.05, 0.1) is 4.88 Å². The van der Waals surface area contributed by atoms with Crippen molar-refractivity contribution in [3.63, 3.8) is 0 Å². The highest BCUT2D eigenvalue weighted by molar-refractivity contribution is 7.13. The van der Waals surface area contributed by atoms with Gasteiger partial charge in [-0.1, -0.05) is 0 Å². The van der Waals surface area contributed by atoms with E-state index in [1.807, 2.05) is 36.9 Å². The molecule has 120 valence electrons. The number of carbonyl (C=O) groups excluding carboxylic acids is 1. The molecule has 0 N–H and O–H groups in total. The van der Waals surface area contributed by atoms with E-state index in [2.05, 4.69) is 14.9 Å². The van der Waals surface area contributed by atoms with Gasteiger partial charge in [0.1, 0.15) is 12.1 Å². The predicted octanol–water partition coefficient (Wildman–Crippen LogP) is 2.36. The molecule has 2 atom stereocenters. The lowest BCUT2D eigenvalue weighted by Crippen LogP contribution is -2.33. The molecule has 2 aromatic heterocycles. The van der Waals surface area contributed by atoms with Crippen LogP contribution in [0.15, 0.2) is 24.5 Å². The number of hydrogen-bond acceptors (Lipinski definition) is 5. The van der Waals surface area contributed by atoms with Crippen LogP contribution in [0.4, 0.5) is 5.82 Å². The Morgan fingerprint density at radius 1 is 1.13 bits per heavy atom. The number of rotatable bonds is 2. The van der Waals surface area contributed by atoms with Crippen molar-refractivity contribution in [2.45, 2.75) is 13.8 Å². The number of anilines is 1. The van der Waals surface area contributed by atoms with E-state index in [4.69, 9.17) is 0 Å². The lowest BCUT2D eigenvalue weighted by atomic mass is 10.0. The van der Waals surface area contributed by atoms with E-state index in [0.717, 1.165) is 42.6 Å². The summed E-state index contributed by atoms with van der Waals surface area (Å²) in [6.07, 6.45) is 1.63. The topological polar surface area (TPSA) is 49.3 Å². The first-order valence-electron chi connectivity index (χ1n) is 7.99. The van der Waals surface area contributed by atoms with Gasteiger partial charge in [0, 0.05) is 54.7 Å². The van der Waals surface area contributed by atoms with Gasteiger partial charge >= 0.3 is 0 Å². The lowest BCUT2D eigenvalue weighted by Gasteiger charge is -2.22. The van der Waals surface area contributed by atoms with Gasteiger partial charge in [0.2, 0.25) is 0 Å². The molecule has 6 heteroatoms. The fraction of sp³-hybridized carbons (Fsp3) is 0.471. The zero-order valence-corrected chi connectivity index (χ0v) is 14.2. The predicted molar refractivity (Wildman–Crippen MR) is 90.9 cm³/mol. The molecule has 2 unspecified atom stereocenters. The second-order valence-corrected chi connectivity index (χ2v) is 7.85. The van der Waals surface area contributed by atoms with Gasteiger partial charge in [-0.05, 0) is 26.0 Å². The highest BCUT2D eigenvalue weighted by Gasteiger charge is 2.42. The van der Waals surface area contributed by atoms with Crippen LogP contribution in [0.5, 0.6) is 0 Å². The van der Waals surface area contributed by atoms with Crippen molar-refractivity contribution in [1.82, 2.24) is 14.9 Å². The molecule has 4 heterocycles. The zero-order chi connectivity index (χ0) is 16.0. The molecule has 0 saturated carbocycles. The second kappa shape index (κ2) is 5.60. The Bertz CT molecular complexity index is 730. The second-order valence-electron chi connectivity index (χ2n) is 6.56. The average molecular weight is 328 g/mol. The fourth-order valence-electron chi connectivity index (χ4n) is 3.66. The third-order valence-electron chi connectivity index (χ3n) is 4.84. The van der Waals surface area contributed by atoms with Crippen LogP contribution in [0.2, 0.25) is 0 Å². The monoisotopic (exact) mass is 328 g/mol. The minimum Gasteiger partial charge on any atom is -0.356 e. The number of fused-ring (bicyclic) bond motifs is 1. The number of aryl methyl sites for hydroxylation is 2. The van der Waals surface area contributed by atoms with Crippen LogP contribution in [-0.4, -0.2) is 47.0 Å². The fourth-order valence-corrected chi connectivity index (χ4v) is 4.50. The van der Waals surface area contributed by atoms with Gasteiger partial charge in [0.15, 0.2) is 0 Å². The Kier molecular flexibility index (Phi) is 3.56. The van der Waals surface area contributed by atoms with E-state index < -0.39 is 0 Å². The summed E-state index contributed by atoms with van der Waals surface area (Å²) < 4.78 is 0. The molecule has 2 aliphatic heterocycles. The van der Waals surface area contributed by atoms with Crippen molar-refractivity contribution in [3.05, 3.63) is 40.0 Å². The van der Waals surface area contributed by atoms with Crippen LogP contribution in [-0.2, 0) is 0 Å². The average Bonchev–Trinajstić information content (AvgIpc) is 3.20. The number of amides is 1. The smallest absolute Gasteiger partial charge is 0.263 e. The molecule has 2 aliphatic rings. The van der Waals surface area contributed by atoms with E-state index in [1.54, 1.807) is 17.7 Å². The minimum atomic E-state index is 0.196. The number of hydrogen-bond donors (Lipinski definition) is 0. The maximum absolute atomic E-state index is 12.6. The van der Waals surface area contributed by atoms with Crippen LogP contribution in [0, 0.1) is 25.7 Å². The van der Waals surface area contributed by atoms with E-state index in [9.17, 15) is 4.79 Å². The van der Waals surface area contributed by atoms with Gasteiger partial charge < -0.3 is 9.80 Å². The highest BCUT2D eigenvalue weighted by Crippen LogP contribution is 2.34. The maximum atomic E-state index is 12.6. The van der Waals surface area contributed by atoms with Gasteiger partial charge in [-0.15, -0.1) is 11.3 Å². The molecule has 0 aliphatic carbocycles. The van der Waals surface area contributed by atoms with Crippen LogP contribution in [0.1, 0.15) is 20.2 Å². The largest absolute Gasteiger partial charge is 0.356 e. The standard InChI is InChI=1S/C17H20N4OS/c1-11-5-16(19-10-18-11)20-6-13-8-21(9-14(13)7-20)17(22)15-4-3-12(2)23-15/h3-5,10,13-14H,6-9H2,1-2H3. The summed E-state index contributed by atoms with van der Waals surface area (Å²) in [6, 6.07) is 6.01. The highest BCUT2D eigenvalue weighted by atomic mass is 32.1. The zero-order valence-electron chi connectivity index (χ0n) is 13.4. The lowest BCUT2D eigenvalue weighted by molar-refractivity contribution is 0.0787. The SMILES string of the molecule is Cc1cc(N2CC3CN(C(=O)c4ccc(C)s4)CC3C2)ncn1. The van der Waals surface area contributed by atoms with Crippen LogP contribution in [0.25, 0.3) is 0 Å². The number of carbonyl (C=O) groups is 1. The first kappa shape index (κ1) is 14.6. The summed E-state index contributed by atoms with van der Waals surface area (Å²) in [6.45, 7) is 7.72. The third-order valence-corrected chi connectivity index (χ3v) is 5.83. The molecule has 0 aromatic carbocycles. The van der Waals surface area contributed by atoms with E-state index in [0.29, 0.717) is 11.8 Å². The minimum absolute atomic E-state index is 0.196. The molecule has 5 nitrogen and oxygen atoms in total. The first-order valence-corrected chi connectivity index (χ1v) is 8.81. The Balaban J connectivity index is 1.43. The van der Waals surface area contributed by atoms with Crippen molar-refractivity contribution in [2.24, 2.45) is 11.8 Å². The number of likely N-dealkylation sites (tertiary alicyclic amines) is 1. The Morgan fingerprint density at radius 3 is 2.48 bits per heavy atom. The van der Waals surface area contributed by atoms with Crippen LogP contribution < -0.4 is 4.90 Å². The molecule has 0 spiro atoms. The van der Waals surface area contributed by atoms with Gasteiger partial charge in [-0.25, -0.2) is 9.97 Å². The van der Waals surface area contributed by atoms with E-state index in [1.165, 1.54) is 4.88 Å². The molecular formula is C17H20N4OS. The van der Waals surface area contributed by atoms with E-state index in [-0.39, 0.29) is 5.91 Å². The summed E-state index contributed by atoms with van der Waals surface area (Å²) in [4.78, 5) is 27.6. The summed E-state index contributed by atoms with van der Waals surface area (Å²) in [5, 5.41) is 0. The van der Waals surface area contributed by atoms with E-state index >= 15 is 0 Å². The van der Waals surface area contributed by atoms with Crippen molar-refractivity contribution in [3.8, 4) is 0 Å². The number of aromatic nitrogens is 2. The summed E-state index contributed by atoms with van der Waals surface area (Å²) in [5.41, 5.74) is 0.997. The van der Waals surface area contributed by atoms with Gasteiger partial charge in [-0.2, -0.15) is 0 Å². The summed E-state index contributed by atoms with van der Waals surface area (Å²) in [5.74, 6) is 2.31. The quantitative estimate of drug-likeness (QED) is 0.849. The normalized spacial score (nSPS) is 23.4. The molecule has 0 bridgehead atoms. The molecule has 2 saturated heterocycles. The molecule has 4 rings (SSSR count). The van der Waals surface area contributed by atoms with Crippen molar-refractivity contribution < 1.29 is 4.79 Å². The van der Waals surface area contributed by atoms with Crippen molar-refractivity contribution in [2.75, 3.05) is 31.1 Å². The van der Waals surface area contributed by atoms with Crippen LogP contribution >= 0.6 is 11.3 Å².